The smallest absolute Gasteiger partial charge is 0.320 e. The van der Waals surface area contributed by atoms with Crippen LogP contribution in [0.2, 0.25) is 0 Å². The lowest BCUT2D eigenvalue weighted by molar-refractivity contribution is -0.139. The molecular weight excluding hydrogens is 349 g/mol. The van der Waals surface area contributed by atoms with Crippen molar-refractivity contribution in [1.29, 1.82) is 0 Å². The van der Waals surface area contributed by atoms with Crippen LogP contribution in [-0.2, 0) is 9.53 Å². The number of carbonyl (C=O) groups is 2. The molecule has 18 heavy (non-hydrogen) atoms. The third-order valence-electron chi connectivity index (χ3n) is 2.25. The van der Waals surface area contributed by atoms with E-state index in [9.17, 15) is 9.59 Å². The molecule has 1 amide bonds. The van der Waals surface area contributed by atoms with Gasteiger partial charge in [-0.15, -0.1) is 0 Å². The highest BCUT2D eigenvalue weighted by atomic mass is 127. The number of benzene rings is 1. The van der Waals surface area contributed by atoms with E-state index in [2.05, 4.69) is 10.1 Å². The third-order valence-corrected chi connectivity index (χ3v) is 3.20. The van der Waals surface area contributed by atoms with Gasteiger partial charge in [-0.3, -0.25) is 9.59 Å². The van der Waals surface area contributed by atoms with Gasteiger partial charge in [-0.05, 0) is 24.3 Å². The Bertz CT molecular complexity index is 419. The van der Waals surface area contributed by atoms with Gasteiger partial charge in [0, 0.05) is 12.1 Å². The van der Waals surface area contributed by atoms with Crippen LogP contribution >= 0.6 is 22.6 Å². The molecule has 6 heteroatoms. The first-order valence-electron chi connectivity index (χ1n) is 5.22. The number of carbonyl (C=O) groups excluding carboxylic acids is 2. The molecule has 0 heterocycles. The molecule has 0 fully saturated rings. The van der Waals surface area contributed by atoms with Crippen molar-refractivity contribution in [2.24, 2.45) is 0 Å². The van der Waals surface area contributed by atoms with Crippen molar-refractivity contribution in [3.05, 3.63) is 29.8 Å². The molecule has 1 unspecified atom stereocenters. The number of methoxy groups -OCH3 is 2. The van der Waals surface area contributed by atoms with Crippen LogP contribution in [-0.4, -0.2) is 36.6 Å². The topological polar surface area (TPSA) is 64.6 Å². The number of nitrogens with one attached hydrogen (secondary N) is 1. The number of amides is 1. The zero-order valence-corrected chi connectivity index (χ0v) is 12.3. The van der Waals surface area contributed by atoms with E-state index in [1.54, 1.807) is 31.4 Å². The van der Waals surface area contributed by atoms with Gasteiger partial charge in [0.2, 0.25) is 0 Å². The maximum Gasteiger partial charge on any atom is 0.320 e. The van der Waals surface area contributed by atoms with Gasteiger partial charge in [-0.25, -0.2) is 0 Å². The Hall–Kier alpha value is -1.31. The van der Waals surface area contributed by atoms with Crippen molar-refractivity contribution < 1.29 is 19.1 Å². The molecule has 1 aromatic rings. The molecular formula is C12H14INO4. The van der Waals surface area contributed by atoms with Crippen LogP contribution in [0.3, 0.4) is 0 Å². The van der Waals surface area contributed by atoms with Crippen molar-refractivity contribution in [3.63, 3.8) is 0 Å². The molecule has 0 aromatic heterocycles. The highest BCUT2D eigenvalue weighted by Crippen LogP contribution is 2.11. The van der Waals surface area contributed by atoms with Gasteiger partial charge < -0.3 is 14.8 Å². The average Bonchev–Trinajstić information content (AvgIpc) is 2.43. The fraction of sp³-hybridized carbons (Fsp3) is 0.333. The minimum Gasteiger partial charge on any atom is -0.497 e. The van der Waals surface area contributed by atoms with E-state index in [1.807, 2.05) is 22.6 Å². The van der Waals surface area contributed by atoms with Gasteiger partial charge in [0.1, 0.15) is 9.67 Å². The van der Waals surface area contributed by atoms with E-state index in [-0.39, 0.29) is 18.4 Å². The molecule has 1 aromatic carbocycles. The van der Waals surface area contributed by atoms with Crippen LogP contribution in [0.25, 0.3) is 0 Å². The summed E-state index contributed by atoms with van der Waals surface area (Å²) in [6.07, 6.45) is 0. The number of ether oxygens (including phenoxy) is 2. The first-order valence-corrected chi connectivity index (χ1v) is 6.47. The molecule has 0 aliphatic carbocycles. The lowest BCUT2D eigenvalue weighted by Crippen LogP contribution is -2.33. The van der Waals surface area contributed by atoms with Crippen molar-refractivity contribution in [2.75, 3.05) is 20.8 Å². The van der Waals surface area contributed by atoms with E-state index < -0.39 is 3.92 Å². The van der Waals surface area contributed by atoms with E-state index in [4.69, 9.17) is 4.74 Å². The van der Waals surface area contributed by atoms with E-state index in [1.165, 1.54) is 7.11 Å². The summed E-state index contributed by atoms with van der Waals surface area (Å²) >= 11 is 1.92. The molecule has 0 bridgehead atoms. The number of alkyl halides is 1. The van der Waals surface area contributed by atoms with Crippen molar-refractivity contribution in [2.45, 2.75) is 3.92 Å². The maximum absolute atomic E-state index is 11.8. The Morgan fingerprint density at radius 1 is 1.28 bits per heavy atom. The summed E-state index contributed by atoms with van der Waals surface area (Å²) in [5.74, 6) is 0.0988. The Kier molecular flexibility index (Phi) is 5.90. The summed E-state index contributed by atoms with van der Waals surface area (Å²) in [7, 11) is 2.88. The summed E-state index contributed by atoms with van der Waals surface area (Å²) < 4.78 is 9.17. The number of esters is 1. The Morgan fingerprint density at radius 3 is 2.39 bits per heavy atom. The van der Waals surface area contributed by atoms with Gasteiger partial charge in [0.25, 0.3) is 5.91 Å². The molecule has 5 nitrogen and oxygen atoms in total. The average molecular weight is 363 g/mol. The molecule has 0 spiro atoms. The Balaban J connectivity index is 2.52. The van der Waals surface area contributed by atoms with Gasteiger partial charge in [0.05, 0.1) is 14.2 Å². The van der Waals surface area contributed by atoms with Crippen LogP contribution in [0.15, 0.2) is 24.3 Å². The minimum atomic E-state index is -0.394. The standard InChI is InChI=1S/C12H14INO4/c1-17-9-5-3-8(4-6-9)11(15)14-7-10(13)12(16)18-2/h3-6,10H,7H2,1-2H3,(H,14,15). The van der Waals surface area contributed by atoms with Gasteiger partial charge in [0.15, 0.2) is 0 Å². The molecule has 1 atom stereocenters. The zero-order chi connectivity index (χ0) is 13.5. The first-order chi connectivity index (χ1) is 8.58. The molecule has 0 aliphatic rings. The monoisotopic (exact) mass is 363 g/mol. The maximum atomic E-state index is 11.8. The molecule has 98 valence electrons. The SMILES string of the molecule is COC(=O)C(I)CNC(=O)c1ccc(OC)cc1. The van der Waals surface area contributed by atoms with Crippen LogP contribution < -0.4 is 10.1 Å². The second-order valence-corrected chi connectivity index (χ2v) is 4.93. The second-order valence-electron chi connectivity index (χ2n) is 3.43. The van der Waals surface area contributed by atoms with E-state index in [0.29, 0.717) is 11.3 Å². The van der Waals surface area contributed by atoms with E-state index >= 15 is 0 Å². The van der Waals surface area contributed by atoms with Gasteiger partial charge >= 0.3 is 5.97 Å². The largest absolute Gasteiger partial charge is 0.497 e. The number of halogens is 1. The first kappa shape index (κ1) is 14.7. The molecule has 0 saturated heterocycles. The molecule has 1 N–H and O–H groups in total. The van der Waals surface area contributed by atoms with Crippen LogP contribution in [0.1, 0.15) is 10.4 Å². The fourth-order valence-electron chi connectivity index (χ4n) is 1.24. The van der Waals surface area contributed by atoms with Crippen LogP contribution in [0, 0.1) is 0 Å². The molecule has 1 rings (SSSR count). The third kappa shape index (κ3) is 4.17. The summed E-state index contributed by atoms with van der Waals surface area (Å²) in [6, 6.07) is 6.73. The van der Waals surface area contributed by atoms with Gasteiger partial charge in [-0.1, -0.05) is 22.6 Å². The normalized spacial score (nSPS) is 11.5. The second kappa shape index (κ2) is 7.20. The number of hydrogen-bond donors (Lipinski definition) is 1. The summed E-state index contributed by atoms with van der Waals surface area (Å²) in [4.78, 5) is 22.9. The Labute approximate surface area is 119 Å². The van der Waals surface area contributed by atoms with Crippen molar-refractivity contribution in [3.8, 4) is 5.75 Å². The van der Waals surface area contributed by atoms with Gasteiger partial charge in [-0.2, -0.15) is 0 Å². The van der Waals surface area contributed by atoms with Crippen molar-refractivity contribution in [1.82, 2.24) is 5.32 Å². The summed E-state index contributed by atoms with van der Waals surface area (Å²) in [6.45, 7) is 0.234. The molecule has 0 aliphatic heterocycles. The molecule has 0 radical (unpaired) electrons. The lowest BCUT2D eigenvalue weighted by atomic mass is 10.2. The fourth-order valence-corrected chi connectivity index (χ4v) is 1.71. The summed E-state index contributed by atoms with van der Waals surface area (Å²) in [5.41, 5.74) is 0.518. The molecule has 0 saturated carbocycles. The van der Waals surface area contributed by atoms with E-state index in [0.717, 1.165) is 0 Å². The predicted octanol–water partition coefficient (Wildman–Crippen LogP) is 1.40. The highest BCUT2D eigenvalue weighted by Gasteiger charge is 2.16. The summed E-state index contributed by atoms with van der Waals surface area (Å²) in [5, 5.41) is 2.66. The number of hydrogen-bond acceptors (Lipinski definition) is 4. The predicted molar refractivity (Wildman–Crippen MR) is 75.2 cm³/mol. The van der Waals surface area contributed by atoms with Crippen LogP contribution in [0.5, 0.6) is 5.75 Å². The zero-order valence-electron chi connectivity index (χ0n) is 10.1. The van der Waals surface area contributed by atoms with Crippen molar-refractivity contribution >= 4 is 34.5 Å². The van der Waals surface area contributed by atoms with Crippen LogP contribution in [0.4, 0.5) is 0 Å². The quantitative estimate of drug-likeness (QED) is 0.488. The Morgan fingerprint density at radius 2 is 1.89 bits per heavy atom. The lowest BCUT2D eigenvalue weighted by Gasteiger charge is -2.09. The highest BCUT2D eigenvalue weighted by molar-refractivity contribution is 14.1. The number of rotatable bonds is 5. The minimum absolute atomic E-state index is 0.233.